The number of amides is 1. The third-order valence-corrected chi connectivity index (χ3v) is 6.30. The molecule has 9 heteroatoms. The number of piperazine rings is 1. The molecular formula is C21H33N7O2. The monoisotopic (exact) mass is 415 g/mol. The first-order chi connectivity index (χ1) is 14.2. The molecule has 9 nitrogen and oxygen atoms in total. The molecule has 2 aromatic heterocycles. The molecule has 1 unspecified atom stereocenters. The maximum Gasteiger partial charge on any atom is 0.263 e. The number of rotatable bonds is 4. The van der Waals surface area contributed by atoms with Crippen LogP contribution in [-0.2, 0) is 10.3 Å². The molecule has 2 aromatic rings. The first-order valence-electron chi connectivity index (χ1n) is 11.0. The first kappa shape index (κ1) is 20.8. The molecule has 1 atom stereocenters. The van der Waals surface area contributed by atoms with Crippen molar-refractivity contribution in [1.29, 1.82) is 0 Å². The molecule has 2 fully saturated rings. The Balaban J connectivity index is 1.44. The fourth-order valence-electron chi connectivity index (χ4n) is 4.43. The van der Waals surface area contributed by atoms with Gasteiger partial charge in [-0.3, -0.25) is 19.5 Å². The number of nitrogens with zero attached hydrogens (tertiary/aromatic N) is 5. The van der Waals surface area contributed by atoms with Crippen molar-refractivity contribution >= 4 is 22.9 Å². The zero-order valence-corrected chi connectivity index (χ0v) is 18.4. The molecule has 1 amide bonds. The Hall–Kier alpha value is -2.42. The minimum Gasteiger partial charge on any atom is -0.352 e. The third-order valence-electron chi connectivity index (χ3n) is 6.30. The van der Waals surface area contributed by atoms with Gasteiger partial charge in [-0.2, -0.15) is 10.1 Å². The van der Waals surface area contributed by atoms with Gasteiger partial charge in [-0.25, -0.2) is 4.68 Å². The molecule has 0 bridgehead atoms. The van der Waals surface area contributed by atoms with Crippen LogP contribution in [0.2, 0.25) is 0 Å². The Morgan fingerprint density at radius 3 is 2.50 bits per heavy atom. The summed E-state index contributed by atoms with van der Waals surface area (Å²) in [5.41, 5.74) is 0.172. The van der Waals surface area contributed by atoms with E-state index in [-0.39, 0.29) is 23.0 Å². The van der Waals surface area contributed by atoms with Crippen molar-refractivity contribution in [3.63, 3.8) is 0 Å². The van der Waals surface area contributed by atoms with Crippen molar-refractivity contribution in [3.8, 4) is 0 Å². The summed E-state index contributed by atoms with van der Waals surface area (Å²) in [5, 5.41) is 8.08. The van der Waals surface area contributed by atoms with E-state index >= 15 is 0 Å². The predicted octanol–water partition coefficient (Wildman–Crippen LogP) is 1.44. The number of H-pyrrole nitrogens is 1. The van der Waals surface area contributed by atoms with Crippen molar-refractivity contribution in [2.75, 3.05) is 31.1 Å². The lowest BCUT2D eigenvalue weighted by molar-refractivity contribution is -0.126. The Morgan fingerprint density at radius 1 is 1.20 bits per heavy atom. The predicted molar refractivity (Wildman–Crippen MR) is 117 cm³/mol. The number of anilines is 1. The zero-order valence-electron chi connectivity index (χ0n) is 18.4. The van der Waals surface area contributed by atoms with Gasteiger partial charge < -0.3 is 10.2 Å². The summed E-state index contributed by atoms with van der Waals surface area (Å²) in [6.45, 7) is 11.0. The van der Waals surface area contributed by atoms with Crippen LogP contribution in [0.5, 0.6) is 0 Å². The van der Waals surface area contributed by atoms with Gasteiger partial charge in [-0.05, 0) is 40.5 Å². The van der Waals surface area contributed by atoms with Gasteiger partial charge >= 0.3 is 0 Å². The second-order valence-corrected chi connectivity index (χ2v) is 9.54. The molecule has 1 saturated heterocycles. The molecule has 1 aliphatic heterocycles. The van der Waals surface area contributed by atoms with Crippen LogP contribution in [0.25, 0.3) is 11.0 Å². The van der Waals surface area contributed by atoms with Crippen LogP contribution in [0, 0.1) is 0 Å². The Labute approximate surface area is 176 Å². The molecule has 164 valence electrons. The second kappa shape index (κ2) is 8.02. The Kier molecular flexibility index (Phi) is 5.57. The highest BCUT2D eigenvalue weighted by atomic mass is 16.2. The van der Waals surface area contributed by atoms with E-state index in [1.165, 1.54) is 12.8 Å². The third kappa shape index (κ3) is 4.08. The second-order valence-electron chi connectivity index (χ2n) is 9.54. The van der Waals surface area contributed by atoms with E-state index < -0.39 is 0 Å². The summed E-state index contributed by atoms with van der Waals surface area (Å²) >= 11 is 0. The van der Waals surface area contributed by atoms with Gasteiger partial charge in [0, 0.05) is 32.2 Å². The van der Waals surface area contributed by atoms with Crippen LogP contribution in [0.4, 0.5) is 5.95 Å². The van der Waals surface area contributed by atoms with Crippen molar-refractivity contribution in [3.05, 3.63) is 16.6 Å². The maximum atomic E-state index is 12.6. The SMILES string of the molecule is CC(C(=O)NC1CCCC1)N1CCN(c2nc3c(cnn3C(C)(C)C)c(=O)[nH]2)CC1. The molecular weight excluding hydrogens is 382 g/mol. The molecule has 0 radical (unpaired) electrons. The summed E-state index contributed by atoms with van der Waals surface area (Å²) < 4.78 is 1.80. The van der Waals surface area contributed by atoms with Gasteiger partial charge in [0.1, 0.15) is 5.39 Å². The zero-order chi connectivity index (χ0) is 21.5. The summed E-state index contributed by atoms with van der Waals surface area (Å²) in [4.78, 5) is 37.1. The summed E-state index contributed by atoms with van der Waals surface area (Å²) in [6, 6.07) is 0.194. The van der Waals surface area contributed by atoms with E-state index in [1.807, 2.05) is 27.7 Å². The van der Waals surface area contributed by atoms with Crippen LogP contribution < -0.4 is 15.8 Å². The van der Waals surface area contributed by atoms with Crippen LogP contribution in [0.15, 0.2) is 11.0 Å². The molecule has 1 aliphatic carbocycles. The topological polar surface area (TPSA) is 99.2 Å². The number of aromatic amines is 1. The average molecular weight is 416 g/mol. The number of nitrogens with one attached hydrogen (secondary N) is 2. The smallest absolute Gasteiger partial charge is 0.263 e. The molecule has 0 aromatic carbocycles. The van der Waals surface area contributed by atoms with Gasteiger partial charge in [0.25, 0.3) is 5.56 Å². The van der Waals surface area contributed by atoms with Gasteiger partial charge in [0.15, 0.2) is 5.65 Å². The van der Waals surface area contributed by atoms with Crippen molar-refractivity contribution < 1.29 is 4.79 Å². The van der Waals surface area contributed by atoms with Crippen LogP contribution in [0.1, 0.15) is 53.4 Å². The van der Waals surface area contributed by atoms with E-state index in [4.69, 9.17) is 4.98 Å². The maximum absolute atomic E-state index is 12.6. The molecule has 1 saturated carbocycles. The van der Waals surface area contributed by atoms with E-state index in [9.17, 15) is 9.59 Å². The lowest BCUT2D eigenvalue weighted by atomic mass is 10.1. The lowest BCUT2D eigenvalue weighted by Crippen LogP contribution is -2.55. The number of hydrogen-bond donors (Lipinski definition) is 2. The average Bonchev–Trinajstić information content (AvgIpc) is 3.37. The fraction of sp³-hybridized carbons (Fsp3) is 0.714. The Bertz CT molecular complexity index is 960. The minimum atomic E-state index is -0.263. The highest BCUT2D eigenvalue weighted by molar-refractivity contribution is 5.81. The number of carbonyl (C=O) groups excluding carboxylic acids is 1. The lowest BCUT2D eigenvalue weighted by Gasteiger charge is -2.37. The van der Waals surface area contributed by atoms with Gasteiger partial charge in [0.2, 0.25) is 11.9 Å². The minimum absolute atomic E-state index is 0.123. The molecule has 2 N–H and O–H groups in total. The number of hydrogen-bond acceptors (Lipinski definition) is 6. The normalized spacial score (nSPS) is 20.1. The number of aromatic nitrogens is 4. The standard InChI is InChI=1S/C21H33N7O2/c1-14(18(29)23-15-7-5-6-8-15)26-9-11-27(12-10-26)20-24-17-16(19(30)25-20)13-22-28(17)21(2,3)4/h13-15H,5-12H2,1-4H3,(H,23,29)(H,24,25,30). The summed E-state index contributed by atoms with van der Waals surface area (Å²) in [7, 11) is 0. The van der Waals surface area contributed by atoms with E-state index in [1.54, 1.807) is 10.9 Å². The summed E-state index contributed by atoms with van der Waals surface area (Å²) in [5.74, 6) is 0.693. The number of carbonyl (C=O) groups is 1. The highest BCUT2D eigenvalue weighted by Gasteiger charge is 2.29. The highest BCUT2D eigenvalue weighted by Crippen LogP contribution is 2.21. The van der Waals surface area contributed by atoms with Gasteiger partial charge in [-0.1, -0.05) is 12.8 Å². The van der Waals surface area contributed by atoms with Crippen molar-refractivity contribution in [2.24, 2.45) is 0 Å². The largest absolute Gasteiger partial charge is 0.352 e. The van der Waals surface area contributed by atoms with Crippen LogP contribution in [-0.4, -0.2) is 68.8 Å². The van der Waals surface area contributed by atoms with Gasteiger partial charge in [-0.15, -0.1) is 0 Å². The fourth-order valence-corrected chi connectivity index (χ4v) is 4.43. The van der Waals surface area contributed by atoms with Gasteiger partial charge in [0.05, 0.1) is 17.8 Å². The first-order valence-corrected chi connectivity index (χ1v) is 11.0. The molecule has 0 spiro atoms. The molecule has 2 aliphatic rings. The number of fused-ring (bicyclic) bond motifs is 1. The quantitative estimate of drug-likeness (QED) is 0.784. The molecule has 3 heterocycles. The van der Waals surface area contributed by atoms with Crippen molar-refractivity contribution in [2.45, 2.75) is 71.0 Å². The van der Waals surface area contributed by atoms with Crippen LogP contribution in [0.3, 0.4) is 0 Å². The Morgan fingerprint density at radius 2 is 1.87 bits per heavy atom. The van der Waals surface area contributed by atoms with E-state index in [2.05, 4.69) is 25.2 Å². The molecule has 30 heavy (non-hydrogen) atoms. The van der Waals surface area contributed by atoms with Crippen molar-refractivity contribution in [1.82, 2.24) is 30.0 Å². The van der Waals surface area contributed by atoms with Crippen LogP contribution >= 0.6 is 0 Å². The van der Waals surface area contributed by atoms with E-state index in [0.29, 0.717) is 36.1 Å². The summed E-state index contributed by atoms with van der Waals surface area (Å²) in [6.07, 6.45) is 6.19. The molecule has 4 rings (SSSR count). The van der Waals surface area contributed by atoms with E-state index in [0.717, 1.165) is 25.9 Å².